The van der Waals surface area contributed by atoms with Gasteiger partial charge in [0.2, 0.25) is 5.91 Å². The largest absolute Gasteiger partial charge is 0.399 e. The molecule has 1 fully saturated rings. The molecule has 1 aliphatic heterocycles. The summed E-state index contributed by atoms with van der Waals surface area (Å²) in [6.45, 7) is 3.43. The van der Waals surface area contributed by atoms with Gasteiger partial charge in [0.05, 0.1) is 6.42 Å². The van der Waals surface area contributed by atoms with Gasteiger partial charge < -0.3 is 16.0 Å². The minimum Gasteiger partial charge on any atom is -0.399 e. The highest BCUT2D eigenvalue weighted by atomic mass is 35.5. The second kappa shape index (κ2) is 9.67. The lowest BCUT2D eigenvalue weighted by Crippen LogP contribution is -2.38. The molecular formula is C20H24ClN3O2S. The summed E-state index contributed by atoms with van der Waals surface area (Å²) in [5, 5.41) is 2.93. The predicted molar refractivity (Wildman–Crippen MR) is 115 cm³/mol. The number of thioether (sulfide) groups is 1. The van der Waals surface area contributed by atoms with Crippen molar-refractivity contribution < 1.29 is 9.59 Å². The number of hydrogen-bond acceptors (Lipinski definition) is 4. The van der Waals surface area contributed by atoms with Crippen molar-refractivity contribution in [1.82, 2.24) is 4.90 Å². The van der Waals surface area contributed by atoms with E-state index in [1.807, 2.05) is 53.9 Å². The third kappa shape index (κ3) is 5.40. The van der Waals surface area contributed by atoms with Crippen molar-refractivity contribution in [1.29, 1.82) is 0 Å². The van der Waals surface area contributed by atoms with Crippen LogP contribution in [0.5, 0.6) is 0 Å². The Balaban J connectivity index is 0.00000261. The van der Waals surface area contributed by atoms with Crippen molar-refractivity contribution in [2.24, 2.45) is 0 Å². The van der Waals surface area contributed by atoms with Crippen LogP contribution in [0.2, 0.25) is 0 Å². The molecule has 3 rings (SSSR count). The molecule has 0 spiro atoms. The molecule has 0 radical (unpaired) electrons. The highest BCUT2D eigenvalue weighted by Gasteiger charge is 2.21. The lowest BCUT2D eigenvalue weighted by molar-refractivity contribution is -0.115. The zero-order valence-corrected chi connectivity index (χ0v) is 16.9. The van der Waals surface area contributed by atoms with E-state index in [9.17, 15) is 9.59 Å². The first-order valence-corrected chi connectivity index (χ1v) is 9.81. The summed E-state index contributed by atoms with van der Waals surface area (Å²) >= 11 is 1.87. The molecule has 0 saturated carbocycles. The van der Waals surface area contributed by atoms with E-state index in [0.29, 0.717) is 16.9 Å². The van der Waals surface area contributed by atoms with Crippen molar-refractivity contribution in [3.05, 3.63) is 59.2 Å². The second-order valence-electron chi connectivity index (χ2n) is 6.35. The molecule has 27 heavy (non-hydrogen) atoms. The maximum Gasteiger partial charge on any atom is 0.254 e. The molecule has 5 nitrogen and oxygen atoms in total. The molecule has 1 aliphatic rings. The van der Waals surface area contributed by atoms with Gasteiger partial charge in [-0.1, -0.05) is 18.2 Å². The van der Waals surface area contributed by atoms with Gasteiger partial charge in [-0.15, -0.1) is 12.4 Å². The molecule has 2 amide bonds. The van der Waals surface area contributed by atoms with E-state index in [-0.39, 0.29) is 30.6 Å². The lowest BCUT2D eigenvalue weighted by Gasteiger charge is -2.27. The van der Waals surface area contributed by atoms with Crippen LogP contribution in [0.15, 0.2) is 42.5 Å². The van der Waals surface area contributed by atoms with Crippen LogP contribution in [-0.2, 0) is 11.2 Å². The van der Waals surface area contributed by atoms with Crippen LogP contribution in [0.25, 0.3) is 0 Å². The molecule has 7 heteroatoms. The smallest absolute Gasteiger partial charge is 0.254 e. The number of benzene rings is 2. The highest BCUT2D eigenvalue weighted by Crippen LogP contribution is 2.22. The lowest BCUT2D eigenvalue weighted by atomic mass is 10.0. The third-order valence-electron chi connectivity index (χ3n) is 4.48. The normalized spacial score (nSPS) is 13.6. The van der Waals surface area contributed by atoms with Crippen LogP contribution in [0, 0.1) is 6.92 Å². The number of hydrogen-bond donors (Lipinski definition) is 2. The first-order valence-electron chi connectivity index (χ1n) is 8.65. The van der Waals surface area contributed by atoms with E-state index >= 15 is 0 Å². The Hall–Kier alpha value is -2.18. The summed E-state index contributed by atoms with van der Waals surface area (Å²) in [4.78, 5) is 27.0. The number of rotatable bonds is 4. The minimum absolute atomic E-state index is 0. The van der Waals surface area contributed by atoms with Crippen LogP contribution in [0.3, 0.4) is 0 Å². The first kappa shape index (κ1) is 21.1. The molecule has 144 valence electrons. The van der Waals surface area contributed by atoms with E-state index in [1.54, 1.807) is 12.1 Å². The highest BCUT2D eigenvalue weighted by molar-refractivity contribution is 7.99. The van der Waals surface area contributed by atoms with E-state index in [4.69, 9.17) is 5.73 Å². The van der Waals surface area contributed by atoms with Crippen LogP contribution in [0.1, 0.15) is 21.5 Å². The quantitative estimate of drug-likeness (QED) is 0.764. The van der Waals surface area contributed by atoms with E-state index in [0.717, 1.165) is 35.7 Å². The van der Waals surface area contributed by atoms with Crippen LogP contribution >= 0.6 is 24.2 Å². The molecule has 0 bridgehead atoms. The number of carbonyl (C=O) groups is 2. The molecule has 0 atom stereocenters. The maximum absolute atomic E-state index is 12.8. The third-order valence-corrected chi connectivity index (χ3v) is 5.42. The van der Waals surface area contributed by atoms with E-state index < -0.39 is 0 Å². The van der Waals surface area contributed by atoms with Gasteiger partial charge in [-0.3, -0.25) is 9.59 Å². The van der Waals surface area contributed by atoms with Gasteiger partial charge in [0, 0.05) is 41.5 Å². The Morgan fingerprint density at radius 2 is 1.78 bits per heavy atom. The zero-order chi connectivity index (χ0) is 18.5. The SMILES string of the molecule is Cc1c(NC(=O)Cc2ccc(N)cc2)cccc1C(=O)N1CCSCC1.Cl. The molecule has 3 N–H and O–H groups in total. The van der Waals surface area contributed by atoms with E-state index in [2.05, 4.69) is 5.32 Å². The monoisotopic (exact) mass is 405 g/mol. The number of anilines is 2. The molecule has 2 aromatic carbocycles. The Morgan fingerprint density at radius 3 is 2.44 bits per heavy atom. The van der Waals surface area contributed by atoms with Gasteiger partial charge in [-0.2, -0.15) is 11.8 Å². The molecule has 0 aliphatic carbocycles. The average Bonchev–Trinajstić information content (AvgIpc) is 2.65. The Bertz CT molecular complexity index is 805. The average molecular weight is 406 g/mol. The fourth-order valence-electron chi connectivity index (χ4n) is 2.95. The van der Waals surface area contributed by atoms with Gasteiger partial charge in [-0.25, -0.2) is 0 Å². The summed E-state index contributed by atoms with van der Waals surface area (Å²) < 4.78 is 0. The Labute approximate surface area is 170 Å². The molecule has 1 saturated heterocycles. The first-order chi connectivity index (χ1) is 12.5. The van der Waals surface area contributed by atoms with Gasteiger partial charge in [-0.05, 0) is 42.3 Å². The van der Waals surface area contributed by atoms with Crippen molar-refractivity contribution in [2.75, 3.05) is 35.6 Å². The summed E-state index contributed by atoms with van der Waals surface area (Å²) in [7, 11) is 0. The summed E-state index contributed by atoms with van der Waals surface area (Å²) in [5.74, 6) is 1.88. The predicted octanol–water partition coefficient (Wildman–Crippen LogP) is 3.37. The number of nitrogen functional groups attached to an aromatic ring is 1. The number of halogens is 1. The number of nitrogens with zero attached hydrogens (tertiary/aromatic N) is 1. The van der Waals surface area contributed by atoms with Crippen molar-refractivity contribution in [3.63, 3.8) is 0 Å². The van der Waals surface area contributed by atoms with Crippen LogP contribution < -0.4 is 11.1 Å². The number of nitrogens with one attached hydrogen (secondary N) is 1. The van der Waals surface area contributed by atoms with Crippen molar-refractivity contribution in [3.8, 4) is 0 Å². The summed E-state index contributed by atoms with van der Waals surface area (Å²) in [5.41, 5.74) is 9.38. The van der Waals surface area contributed by atoms with Crippen LogP contribution in [-0.4, -0.2) is 41.3 Å². The molecule has 1 heterocycles. The molecule has 2 aromatic rings. The fraction of sp³-hybridized carbons (Fsp3) is 0.300. The number of nitrogens with two attached hydrogens (primary N) is 1. The van der Waals surface area contributed by atoms with Gasteiger partial charge >= 0.3 is 0 Å². The van der Waals surface area contributed by atoms with Gasteiger partial charge in [0.1, 0.15) is 0 Å². The second-order valence-corrected chi connectivity index (χ2v) is 7.57. The molecule has 0 unspecified atom stereocenters. The standard InChI is InChI=1S/C20H23N3O2S.ClH/c1-14-17(20(25)23-9-11-26-12-10-23)3-2-4-18(14)22-19(24)13-15-5-7-16(21)8-6-15;/h2-8H,9-13,21H2,1H3,(H,22,24);1H. The molecule has 0 aromatic heterocycles. The minimum atomic E-state index is -0.114. The van der Waals surface area contributed by atoms with Crippen LogP contribution in [0.4, 0.5) is 11.4 Å². The summed E-state index contributed by atoms with van der Waals surface area (Å²) in [6.07, 6.45) is 0.265. The topological polar surface area (TPSA) is 75.4 Å². The Morgan fingerprint density at radius 1 is 1.11 bits per heavy atom. The number of amides is 2. The number of carbonyl (C=O) groups excluding carboxylic acids is 2. The maximum atomic E-state index is 12.8. The van der Waals surface area contributed by atoms with E-state index in [1.165, 1.54) is 0 Å². The Kier molecular flexibility index (Phi) is 7.56. The van der Waals surface area contributed by atoms with Crippen molar-refractivity contribution in [2.45, 2.75) is 13.3 Å². The zero-order valence-electron chi connectivity index (χ0n) is 15.2. The fourth-order valence-corrected chi connectivity index (χ4v) is 3.86. The van der Waals surface area contributed by atoms with Gasteiger partial charge in [0.25, 0.3) is 5.91 Å². The van der Waals surface area contributed by atoms with Crippen molar-refractivity contribution >= 4 is 47.4 Å². The van der Waals surface area contributed by atoms with Gasteiger partial charge in [0.15, 0.2) is 0 Å². The summed E-state index contributed by atoms with van der Waals surface area (Å²) in [6, 6.07) is 12.7. The molecular weight excluding hydrogens is 382 g/mol.